The summed E-state index contributed by atoms with van der Waals surface area (Å²) in [5, 5.41) is -5.00. The van der Waals surface area contributed by atoms with Crippen molar-refractivity contribution in [3.63, 3.8) is 0 Å². The maximum absolute atomic E-state index is 12.7. The number of esters is 1. The molecule has 1 fully saturated rings. The van der Waals surface area contributed by atoms with Crippen LogP contribution in [0.15, 0.2) is 0 Å². The van der Waals surface area contributed by atoms with Gasteiger partial charge in [-0.05, 0) is 6.42 Å². The number of Topliss-reactive ketones (excluding diaryl/α,β-unsaturated/α-hetero) is 1. The summed E-state index contributed by atoms with van der Waals surface area (Å²) < 4.78 is 57.9. The van der Waals surface area contributed by atoms with Crippen LogP contribution in [0.2, 0.25) is 0 Å². The molecule has 9 heteroatoms. The van der Waals surface area contributed by atoms with Crippen LogP contribution in [-0.2, 0) is 24.4 Å². The van der Waals surface area contributed by atoms with Gasteiger partial charge in [0, 0.05) is 12.8 Å². The Hall–Kier alpha value is -1.09. The van der Waals surface area contributed by atoms with E-state index in [1.165, 1.54) is 0 Å². The monoisotopic (exact) mass is 258 g/mol. The van der Waals surface area contributed by atoms with Crippen molar-refractivity contribution in [2.75, 3.05) is 0 Å². The number of carbonyl (C=O) groups is 2. The number of alkyl halides is 2. The Labute approximate surface area is 89.3 Å². The van der Waals surface area contributed by atoms with Gasteiger partial charge in [0.25, 0.3) is 0 Å². The Morgan fingerprint density at radius 1 is 1.50 bits per heavy atom. The zero-order valence-corrected chi connectivity index (χ0v) is 8.67. The number of rotatable bonds is 3. The van der Waals surface area contributed by atoms with E-state index < -0.39 is 27.4 Å². The fraction of sp³-hybridized carbons (Fsp3) is 0.714. The first-order chi connectivity index (χ1) is 7.14. The van der Waals surface area contributed by atoms with Gasteiger partial charge in [-0.1, -0.05) is 0 Å². The highest BCUT2D eigenvalue weighted by Crippen LogP contribution is 2.26. The van der Waals surface area contributed by atoms with Crippen LogP contribution in [0.25, 0.3) is 0 Å². The van der Waals surface area contributed by atoms with Crippen molar-refractivity contribution in [2.24, 2.45) is 0 Å². The summed E-state index contributed by atoms with van der Waals surface area (Å²) in [5.74, 6) is -2.62. The van der Waals surface area contributed by atoms with Crippen molar-refractivity contribution in [3.05, 3.63) is 0 Å². The molecule has 0 aromatic carbocycles. The molecule has 0 saturated heterocycles. The van der Waals surface area contributed by atoms with Crippen LogP contribution in [-0.4, -0.2) is 36.1 Å². The predicted molar refractivity (Wildman–Crippen MR) is 45.2 cm³/mol. The largest absolute Gasteiger partial charge is 0.465 e. The van der Waals surface area contributed by atoms with E-state index in [0.717, 1.165) is 0 Å². The normalized spacial score (nSPS) is 22.2. The van der Waals surface area contributed by atoms with Crippen LogP contribution in [0.5, 0.6) is 0 Å². The van der Waals surface area contributed by atoms with E-state index >= 15 is 0 Å². The molecule has 1 saturated carbocycles. The van der Waals surface area contributed by atoms with Crippen molar-refractivity contribution in [1.29, 1.82) is 0 Å². The van der Waals surface area contributed by atoms with Gasteiger partial charge >= 0.3 is 21.3 Å². The summed E-state index contributed by atoms with van der Waals surface area (Å²) >= 11 is 0. The molecule has 0 bridgehead atoms. The molecule has 0 amide bonds. The maximum atomic E-state index is 12.7. The number of ether oxygens (including phenoxy) is 1. The molecular weight excluding hydrogens is 250 g/mol. The quantitative estimate of drug-likeness (QED) is 0.570. The molecule has 1 unspecified atom stereocenters. The number of hydrogen-bond donors (Lipinski definition) is 1. The highest BCUT2D eigenvalue weighted by molar-refractivity contribution is 7.87. The van der Waals surface area contributed by atoms with Crippen LogP contribution < -0.4 is 0 Å². The van der Waals surface area contributed by atoms with Gasteiger partial charge in [-0.2, -0.15) is 17.2 Å². The fourth-order valence-electron chi connectivity index (χ4n) is 1.21. The zero-order valence-electron chi connectivity index (χ0n) is 7.85. The Morgan fingerprint density at radius 2 is 2.06 bits per heavy atom. The lowest BCUT2D eigenvalue weighted by atomic mass is 10.3. The molecule has 1 aliphatic rings. The Balaban J connectivity index is 2.69. The van der Waals surface area contributed by atoms with Gasteiger partial charge in [-0.3, -0.25) is 9.35 Å². The van der Waals surface area contributed by atoms with E-state index in [-0.39, 0.29) is 25.0 Å². The van der Waals surface area contributed by atoms with Crippen LogP contribution in [0, 0.1) is 0 Å². The summed E-state index contributed by atoms with van der Waals surface area (Å²) in [6, 6.07) is 0. The van der Waals surface area contributed by atoms with Gasteiger partial charge < -0.3 is 4.74 Å². The molecule has 0 radical (unpaired) electrons. The molecule has 16 heavy (non-hydrogen) atoms. The van der Waals surface area contributed by atoms with Crippen LogP contribution in [0.4, 0.5) is 8.78 Å². The van der Waals surface area contributed by atoms with E-state index in [4.69, 9.17) is 4.55 Å². The van der Waals surface area contributed by atoms with Gasteiger partial charge in [0.1, 0.15) is 11.9 Å². The minimum absolute atomic E-state index is 0.0755. The maximum Gasteiger partial charge on any atom is 0.465 e. The predicted octanol–water partition coefficient (Wildman–Crippen LogP) is 0.132. The molecule has 0 aromatic heterocycles. The van der Waals surface area contributed by atoms with E-state index in [1.807, 2.05) is 0 Å². The average Bonchev–Trinajstić information content (AvgIpc) is 2.49. The van der Waals surface area contributed by atoms with Crippen molar-refractivity contribution in [3.8, 4) is 0 Å². The van der Waals surface area contributed by atoms with Crippen molar-refractivity contribution < 1.29 is 36.1 Å². The number of halogens is 2. The van der Waals surface area contributed by atoms with Crippen molar-refractivity contribution in [2.45, 2.75) is 30.6 Å². The average molecular weight is 258 g/mol. The summed E-state index contributed by atoms with van der Waals surface area (Å²) in [7, 11) is -5.85. The lowest BCUT2D eigenvalue weighted by Crippen LogP contribution is -2.40. The second-order valence-corrected chi connectivity index (χ2v) is 4.76. The fourth-order valence-corrected chi connectivity index (χ4v) is 1.46. The summed E-state index contributed by atoms with van der Waals surface area (Å²) in [6.45, 7) is 0. The summed E-state index contributed by atoms with van der Waals surface area (Å²) in [4.78, 5) is 21.5. The van der Waals surface area contributed by atoms with Gasteiger partial charge in [-0.25, -0.2) is 4.79 Å². The first-order valence-corrected chi connectivity index (χ1v) is 5.66. The lowest BCUT2D eigenvalue weighted by molar-refractivity contribution is -0.166. The number of ketones is 1. The smallest absolute Gasteiger partial charge is 0.457 e. The zero-order chi connectivity index (χ0) is 12.6. The standard InChI is InChI=1S/C7H8F2O6S/c8-7(9,16(12,13)14)6(11)15-5-2-1-4(10)3-5/h5H,1-3H2,(H,12,13,14). The summed E-state index contributed by atoms with van der Waals surface area (Å²) in [6.07, 6.45) is -1.10. The molecule has 1 aliphatic carbocycles. The van der Waals surface area contributed by atoms with Crippen LogP contribution in [0.3, 0.4) is 0 Å². The molecule has 92 valence electrons. The van der Waals surface area contributed by atoms with Crippen LogP contribution in [0.1, 0.15) is 19.3 Å². The van der Waals surface area contributed by atoms with E-state index in [0.29, 0.717) is 0 Å². The highest BCUT2D eigenvalue weighted by atomic mass is 32.2. The molecule has 1 atom stereocenters. The minimum atomic E-state index is -5.85. The third kappa shape index (κ3) is 2.53. The molecule has 6 nitrogen and oxygen atoms in total. The van der Waals surface area contributed by atoms with E-state index in [9.17, 15) is 26.8 Å². The molecule has 1 rings (SSSR count). The first-order valence-electron chi connectivity index (χ1n) is 4.22. The third-order valence-electron chi connectivity index (χ3n) is 2.04. The SMILES string of the molecule is O=C1CCC(OC(=O)C(F)(F)S(=O)(=O)O)C1. The number of carbonyl (C=O) groups excluding carboxylic acids is 2. The Morgan fingerprint density at radius 3 is 2.44 bits per heavy atom. The van der Waals surface area contributed by atoms with Crippen molar-refractivity contribution >= 4 is 21.9 Å². The second-order valence-electron chi connectivity index (χ2n) is 3.30. The Bertz CT molecular complexity index is 415. The molecule has 0 spiro atoms. The van der Waals surface area contributed by atoms with E-state index in [2.05, 4.69) is 4.74 Å². The summed E-state index contributed by atoms with van der Waals surface area (Å²) in [5.41, 5.74) is 0. The second kappa shape index (κ2) is 4.06. The topological polar surface area (TPSA) is 97.7 Å². The molecule has 0 heterocycles. The molecule has 1 N–H and O–H groups in total. The van der Waals surface area contributed by atoms with Gasteiger partial charge in [0.05, 0.1) is 0 Å². The van der Waals surface area contributed by atoms with E-state index in [1.54, 1.807) is 0 Å². The van der Waals surface area contributed by atoms with Gasteiger partial charge in [0.2, 0.25) is 0 Å². The first kappa shape index (κ1) is 13.0. The lowest BCUT2D eigenvalue weighted by Gasteiger charge is -2.15. The highest BCUT2D eigenvalue weighted by Gasteiger charge is 2.55. The Kier molecular flexibility index (Phi) is 3.29. The van der Waals surface area contributed by atoms with Gasteiger partial charge in [0.15, 0.2) is 0 Å². The van der Waals surface area contributed by atoms with Crippen LogP contribution >= 0.6 is 0 Å². The minimum Gasteiger partial charge on any atom is -0.457 e. The third-order valence-corrected chi connectivity index (χ3v) is 2.85. The van der Waals surface area contributed by atoms with Crippen molar-refractivity contribution in [1.82, 2.24) is 0 Å². The molecule has 0 aliphatic heterocycles. The number of hydrogen-bond acceptors (Lipinski definition) is 5. The van der Waals surface area contributed by atoms with Gasteiger partial charge in [-0.15, -0.1) is 0 Å². The molecule has 0 aromatic rings. The molecular formula is C7H8F2O6S.